The van der Waals surface area contributed by atoms with E-state index < -0.39 is 16.0 Å². The molecular weight excluding hydrogens is 448 g/mol. The van der Waals surface area contributed by atoms with Crippen LogP contribution in [0.1, 0.15) is 32.1 Å². The molecule has 2 N–H and O–H groups in total. The van der Waals surface area contributed by atoms with Gasteiger partial charge in [-0.3, -0.25) is 4.79 Å². The molecule has 0 saturated carbocycles. The number of ether oxygens (including phenoxy) is 2. The van der Waals surface area contributed by atoms with Gasteiger partial charge in [0.25, 0.3) is 5.91 Å². The molecular formula is C22H24N4O6S. The van der Waals surface area contributed by atoms with Crippen molar-refractivity contribution in [2.24, 2.45) is 0 Å². The number of carbonyl (C=O) groups is 2. The summed E-state index contributed by atoms with van der Waals surface area (Å²) in [6, 6.07) is 6.70. The highest BCUT2D eigenvalue weighted by molar-refractivity contribution is 7.89. The zero-order valence-electron chi connectivity index (χ0n) is 18.1. The fourth-order valence-electron chi connectivity index (χ4n) is 4.39. The largest absolute Gasteiger partial charge is 0.465 e. The number of rotatable bonds is 4. The third-order valence-electron chi connectivity index (χ3n) is 6.18. The highest BCUT2D eigenvalue weighted by Crippen LogP contribution is 2.30. The molecule has 0 radical (unpaired) electrons. The Hall–Kier alpha value is -3.15. The van der Waals surface area contributed by atoms with Gasteiger partial charge in [0.1, 0.15) is 10.6 Å². The number of esters is 1. The monoisotopic (exact) mass is 472 g/mol. The van der Waals surface area contributed by atoms with E-state index in [1.54, 1.807) is 17.0 Å². The van der Waals surface area contributed by atoms with Crippen molar-refractivity contribution in [3.63, 3.8) is 0 Å². The Morgan fingerprint density at radius 2 is 1.91 bits per heavy atom. The van der Waals surface area contributed by atoms with Crippen molar-refractivity contribution in [1.82, 2.24) is 19.2 Å². The average molecular weight is 473 g/mol. The second-order valence-corrected chi connectivity index (χ2v) is 10.0. The quantitative estimate of drug-likeness (QED) is 0.555. The summed E-state index contributed by atoms with van der Waals surface area (Å²) in [6.45, 7) is 2.14. The highest BCUT2D eigenvalue weighted by Gasteiger charge is 2.30. The Balaban J connectivity index is 1.39. The Labute approximate surface area is 190 Å². The minimum Gasteiger partial charge on any atom is -0.465 e. The lowest BCUT2D eigenvalue weighted by atomic mass is 10.0. The number of nitrogens with one attached hydrogen (secondary N) is 2. The van der Waals surface area contributed by atoms with Gasteiger partial charge in [-0.05, 0) is 24.3 Å². The van der Waals surface area contributed by atoms with Crippen molar-refractivity contribution in [3.8, 4) is 0 Å². The zero-order chi connectivity index (χ0) is 23.2. The zero-order valence-corrected chi connectivity index (χ0v) is 18.9. The Kier molecular flexibility index (Phi) is 5.47. The van der Waals surface area contributed by atoms with Crippen molar-refractivity contribution in [1.29, 1.82) is 0 Å². The number of carbonyl (C=O) groups excluding carboxylic acids is 2. The molecule has 5 rings (SSSR count). The molecule has 0 spiro atoms. The van der Waals surface area contributed by atoms with Gasteiger partial charge in [-0.25, -0.2) is 13.2 Å². The summed E-state index contributed by atoms with van der Waals surface area (Å²) in [5, 5.41) is 0.868. The van der Waals surface area contributed by atoms with Gasteiger partial charge in [-0.1, -0.05) is 0 Å². The van der Waals surface area contributed by atoms with Crippen LogP contribution in [0.5, 0.6) is 0 Å². The lowest BCUT2D eigenvalue weighted by molar-refractivity contribution is 0.0600. The summed E-state index contributed by atoms with van der Waals surface area (Å²) in [5.74, 6) is -0.696. The molecule has 11 heteroatoms. The number of hydrogen-bond acceptors (Lipinski definition) is 6. The number of aromatic amines is 2. The van der Waals surface area contributed by atoms with E-state index in [1.807, 2.05) is 6.07 Å². The summed E-state index contributed by atoms with van der Waals surface area (Å²) in [7, 11) is -2.35. The van der Waals surface area contributed by atoms with Crippen LogP contribution in [0.25, 0.3) is 10.9 Å². The predicted octanol–water partition coefficient (Wildman–Crippen LogP) is 1.50. The molecule has 1 saturated heterocycles. The van der Waals surface area contributed by atoms with Crippen molar-refractivity contribution < 1.29 is 27.5 Å². The van der Waals surface area contributed by atoms with Crippen LogP contribution in [0.2, 0.25) is 0 Å². The van der Waals surface area contributed by atoms with Gasteiger partial charge in [-0.2, -0.15) is 4.31 Å². The second kappa shape index (κ2) is 8.32. The lowest BCUT2D eigenvalue weighted by Gasteiger charge is -2.27. The number of benzene rings is 1. The molecule has 1 fully saturated rings. The molecule has 10 nitrogen and oxygen atoms in total. The van der Waals surface area contributed by atoms with Gasteiger partial charge >= 0.3 is 5.97 Å². The third-order valence-corrected chi connectivity index (χ3v) is 8.05. The smallest absolute Gasteiger partial charge is 0.337 e. The molecule has 0 bridgehead atoms. The van der Waals surface area contributed by atoms with E-state index in [-0.39, 0.29) is 16.5 Å². The number of methoxy groups -OCH3 is 1. The molecule has 3 aromatic rings. The number of aromatic nitrogens is 2. The van der Waals surface area contributed by atoms with E-state index >= 15 is 0 Å². The van der Waals surface area contributed by atoms with E-state index in [9.17, 15) is 18.0 Å². The molecule has 2 aromatic heterocycles. The number of morpholine rings is 1. The minimum absolute atomic E-state index is 0.0697. The van der Waals surface area contributed by atoms with E-state index in [4.69, 9.17) is 9.47 Å². The molecule has 0 aliphatic carbocycles. The number of nitrogens with zero attached hydrogens (tertiary/aromatic N) is 2. The van der Waals surface area contributed by atoms with Crippen LogP contribution in [0.15, 0.2) is 35.4 Å². The first-order valence-electron chi connectivity index (χ1n) is 10.7. The lowest BCUT2D eigenvalue weighted by Crippen LogP contribution is -2.40. The van der Waals surface area contributed by atoms with Crippen molar-refractivity contribution in [2.75, 3.05) is 40.0 Å². The van der Waals surface area contributed by atoms with Crippen LogP contribution in [0.3, 0.4) is 0 Å². The number of amides is 1. The maximum Gasteiger partial charge on any atom is 0.337 e. The number of fused-ring (bicyclic) bond motifs is 3. The summed E-state index contributed by atoms with van der Waals surface area (Å²) in [5.41, 5.74) is 3.53. The number of sulfonamides is 1. The van der Waals surface area contributed by atoms with Gasteiger partial charge in [0.2, 0.25) is 10.0 Å². The van der Waals surface area contributed by atoms with E-state index in [1.165, 1.54) is 23.7 Å². The van der Waals surface area contributed by atoms with Crippen molar-refractivity contribution in [3.05, 3.63) is 53.0 Å². The topological polar surface area (TPSA) is 125 Å². The summed E-state index contributed by atoms with van der Waals surface area (Å²) in [6.07, 6.45) is 1.99. The van der Waals surface area contributed by atoms with E-state index in [0.717, 1.165) is 22.2 Å². The summed E-state index contributed by atoms with van der Waals surface area (Å²) < 4.78 is 37.2. The normalized spacial score (nSPS) is 17.2. The first-order valence-corrected chi connectivity index (χ1v) is 12.1. The second-order valence-electron chi connectivity index (χ2n) is 8.08. The van der Waals surface area contributed by atoms with Crippen LogP contribution in [0, 0.1) is 0 Å². The molecule has 2 aliphatic heterocycles. The van der Waals surface area contributed by atoms with Crippen LogP contribution < -0.4 is 0 Å². The molecule has 33 heavy (non-hydrogen) atoms. The number of hydrogen-bond donors (Lipinski definition) is 2. The molecule has 2 aliphatic rings. The molecule has 1 amide bonds. The van der Waals surface area contributed by atoms with Crippen LogP contribution in [-0.2, 0) is 32.5 Å². The maximum atomic E-state index is 13.2. The molecule has 0 atom stereocenters. The SMILES string of the molecule is COC(=O)c1ccc2[nH]c3c(c2c1)CN(C(=O)c1cc(S(=O)(=O)N2CCOCC2)c[nH]1)CC3. The van der Waals surface area contributed by atoms with Gasteiger partial charge < -0.3 is 24.3 Å². The summed E-state index contributed by atoms with van der Waals surface area (Å²) in [4.78, 5) is 33.1. The highest BCUT2D eigenvalue weighted by atomic mass is 32.2. The molecule has 174 valence electrons. The van der Waals surface area contributed by atoms with Crippen molar-refractivity contribution in [2.45, 2.75) is 17.9 Å². The number of H-pyrrole nitrogens is 2. The predicted molar refractivity (Wildman–Crippen MR) is 118 cm³/mol. The van der Waals surface area contributed by atoms with Gasteiger partial charge in [-0.15, -0.1) is 0 Å². The van der Waals surface area contributed by atoms with Gasteiger partial charge in [0.15, 0.2) is 0 Å². The van der Waals surface area contributed by atoms with Gasteiger partial charge in [0, 0.05) is 61.0 Å². The Morgan fingerprint density at radius 3 is 2.67 bits per heavy atom. The summed E-state index contributed by atoms with van der Waals surface area (Å²) >= 11 is 0. The van der Waals surface area contributed by atoms with E-state index in [2.05, 4.69) is 9.97 Å². The first-order chi connectivity index (χ1) is 15.9. The molecule has 1 aromatic carbocycles. The first kappa shape index (κ1) is 21.7. The Bertz CT molecular complexity index is 1340. The maximum absolute atomic E-state index is 13.2. The average Bonchev–Trinajstić information content (AvgIpc) is 3.48. The third kappa shape index (κ3) is 3.81. The molecule has 4 heterocycles. The van der Waals surface area contributed by atoms with Crippen LogP contribution >= 0.6 is 0 Å². The van der Waals surface area contributed by atoms with E-state index in [0.29, 0.717) is 51.4 Å². The van der Waals surface area contributed by atoms with Crippen LogP contribution in [0.4, 0.5) is 0 Å². The molecule has 0 unspecified atom stereocenters. The van der Waals surface area contributed by atoms with Gasteiger partial charge in [0.05, 0.1) is 25.9 Å². The fraction of sp³-hybridized carbons (Fsp3) is 0.364. The minimum atomic E-state index is -3.69. The van der Waals surface area contributed by atoms with Crippen LogP contribution in [-0.4, -0.2) is 79.4 Å². The fourth-order valence-corrected chi connectivity index (χ4v) is 5.79. The van der Waals surface area contributed by atoms with Crippen molar-refractivity contribution >= 4 is 32.8 Å². The Morgan fingerprint density at radius 1 is 1.12 bits per heavy atom. The standard InChI is InChI=1S/C22H24N4O6S/c1-31-22(28)14-2-3-18-16(10-14)17-13-25(5-4-19(17)24-18)21(27)20-11-15(12-23-20)33(29,30)26-6-8-32-9-7-26/h2-3,10-12,23-24H,4-9,13H2,1H3.